The third kappa shape index (κ3) is 7.10. The second-order valence-electron chi connectivity index (χ2n) is 12.0. The molecule has 2 aromatic heterocycles. The van der Waals surface area contributed by atoms with Crippen molar-refractivity contribution in [2.24, 2.45) is 0 Å². The number of imidazole rings is 1. The summed E-state index contributed by atoms with van der Waals surface area (Å²) in [5, 5.41) is 13.6. The van der Waals surface area contributed by atoms with Gasteiger partial charge in [0.25, 0.3) is 0 Å². The van der Waals surface area contributed by atoms with Crippen molar-refractivity contribution < 1.29 is 14.6 Å². The van der Waals surface area contributed by atoms with Gasteiger partial charge in [-0.2, -0.15) is 0 Å². The van der Waals surface area contributed by atoms with Crippen LogP contribution in [0.5, 0.6) is 0 Å². The Kier molecular flexibility index (Phi) is 9.23. The molecular formula is C34H39ClN4O3S. The minimum absolute atomic E-state index is 0.209. The quantitative estimate of drug-likeness (QED) is 0.190. The summed E-state index contributed by atoms with van der Waals surface area (Å²) >= 11 is 7.87. The van der Waals surface area contributed by atoms with Gasteiger partial charge in [-0.1, -0.05) is 23.7 Å². The van der Waals surface area contributed by atoms with Crippen molar-refractivity contribution in [1.82, 2.24) is 19.9 Å². The average Bonchev–Trinajstić information content (AvgIpc) is 3.67. The molecule has 1 aliphatic rings. The number of thiazole rings is 1. The van der Waals surface area contributed by atoms with E-state index in [1.165, 1.54) is 0 Å². The molecule has 0 radical (unpaired) electrons. The summed E-state index contributed by atoms with van der Waals surface area (Å²) in [6.07, 6.45) is 1.31. The molecule has 1 fully saturated rings. The van der Waals surface area contributed by atoms with Gasteiger partial charge >= 0.3 is 5.97 Å². The first-order chi connectivity index (χ1) is 20.4. The lowest BCUT2D eigenvalue weighted by Crippen LogP contribution is -2.14. The fourth-order valence-corrected chi connectivity index (χ4v) is 6.79. The minimum Gasteiger partial charge on any atom is -0.466 e. The number of esters is 1. The summed E-state index contributed by atoms with van der Waals surface area (Å²) in [6.45, 7) is 13.5. The summed E-state index contributed by atoms with van der Waals surface area (Å²) in [5.74, 6) is 0.810. The van der Waals surface area contributed by atoms with Gasteiger partial charge in [-0.3, -0.25) is 4.79 Å². The van der Waals surface area contributed by atoms with Crippen LogP contribution in [0.1, 0.15) is 57.1 Å². The Morgan fingerprint density at radius 1 is 1.09 bits per heavy atom. The number of hydrogen-bond donors (Lipinski definition) is 2. The van der Waals surface area contributed by atoms with E-state index < -0.39 is 5.60 Å². The van der Waals surface area contributed by atoms with Crippen molar-refractivity contribution in [2.75, 3.05) is 19.7 Å². The number of hydrogen-bond acceptors (Lipinski definition) is 7. The zero-order valence-electron chi connectivity index (χ0n) is 25.6. The van der Waals surface area contributed by atoms with Crippen LogP contribution in [0.3, 0.4) is 0 Å². The number of nitrogens with zero attached hydrogens (tertiary/aromatic N) is 3. The molecule has 0 amide bonds. The third-order valence-electron chi connectivity index (χ3n) is 7.28. The summed E-state index contributed by atoms with van der Waals surface area (Å²) in [7, 11) is 0. The SMILES string of the molecule is CC(C)(C)O.CCOC(=O)Cc1c(C)cc2nc(-c3ccc4nc(C)n(C5CCNC5)c4c3)sc2c1-c1ccc(Cl)cc1. The summed E-state index contributed by atoms with van der Waals surface area (Å²) in [5.41, 5.74) is 7.65. The monoisotopic (exact) mass is 618 g/mol. The van der Waals surface area contributed by atoms with Crippen molar-refractivity contribution in [3.63, 3.8) is 0 Å². The topological polar surface area (TPSA) is 89.3 Å². The average molecular weight is 619 g/mol. The van der Waals surface area contributed by atoms with Crippen LogP contribution in [0, 0.1) is 13.8 Å². The molecule has 9 heteroatoms. The second kappa shape index (κ2) is 12.7. The van der Waals surface area contributed by atoms with Crippen LogP contribution in [0.15, 0.2) is 48.5 Å². The lowest BCUT2D eigenvalue weighted by atomic mass is 9.93. The molecule has 226 valence electrons. The van der Waals surface area contributed by atoms with E-state index in [1.807, 2.05) is 38.1 Å². The number of carbonyl (C=O) groups excluding carboxylic acids is 1. The molecule has 5 aromatic rings. The molecule has 3 aromatic carbocycles. The molecule has 0 aliphatic carbocycles. The van der Waals surface area contributed by atoms with E-state index in [0.29, 0.717) is 17.7 Å². The number of aromatic nitrogens is 3. The van der Waals surface area contributed by atoms with Gasteiger partial charge in [-0.05, 0) is 108 Å². The zero-order valence-corrected chi connectivity index (χ0v) is 27.2. The van der Waals surface area contributed by atoms with Crippen LogP contribution in [0.4, 0.5) is 0 Å². The lowest BCUT2D eigenvalue weighted by Gasteiger charge is -2.14. The predicted molar refractivity (Wildman–Crippen MR) is 177 cm³/mol. The fourth-order valence-electron chi connectivity index (χ4n) is 5.53. The normalized spacial score (nSPS) is 15.1. The van der Waals surface area contributed by atoms with Gasteiger partial charge in [0.05, 0.1) is 39.9 Å². The smallest absolute Gasteiger partial charge is 0.310 e. The van der Waals surface area contributed by atoms with Crippen LogP contribution in [-0.4, -0.2) is 50.9 Å². The van der Waals surface area contributed by atoms with Gasteiger partial charge in [0.15, 0.2) is 0 Å². The largest absolute Gasteiger partial charge is 0.466 e. The number of nitrogens with one attached hydrogen (secondary N) is 1. The predicted octanol–water partition coefficient (Wildman–Crippen LogP) is 7.67. The fraction of sp³-hybridized carbons (Fsp3) is 0.382. The van der Waals surface area contributed by atoms with E-state index in [1.54, 1.807) is 32.1 Å². The van der Waals surface area contributed by atoms with Gasteiger partial charge in [-0.25, -0.2) is 9.97 Å². The first kappa shape index (κ1) is 31.1. The highest BCUT2D eigenvalue weighted by Crippen LogP contribution is 2.41. The maximum atomic E-state index is 12.6. The molecule has 1 aliphatic heterocycles. The number of ether oxygens (including phenoxy) is 1. The van der Waals surface area contributed by atoms with Gasteiger partial charge in [-0.15, -0.1) is 11.3 Å². The van der Waals surface area contributed by atoms with Gasteiger partial charge in [0.1, 0.15) is 10.8 Å². The standard InChI is InChI=1S/C30H29ClN4O2S.C4H10O/c1-4-37-27(36)15-23-17(2)13-25-29(28(23)19-5-8-21(31)9-6-19)38-30(34-25)20-7-10-24-26(14-20)35(18(3)33-24)22-11-12-32-16-22;1-4(2,3)5/h5-10,13-14,22,32H,4,11-12,15-16H2,1-3H3;5H,1-3H3. The van der Waals surface area contributed by atoms with E-state index in [9.17, 15) is 4.79 Å². The van der Waals surface area contributed by atoms with Crippen LogP contribution in [-0.2, 0) is 16.0 Å². The van der Waals surface area contributed by atoms with Crippen molar-refractivity contribution in [3.8, 4) is 21.7 Å². The van der Waals surface area contributed by atoms with Crippen LogP contribution >= 0.6 is 22.9 Å². The lowest BCUT2D eigenvalue weighted by molar-refractivity contribution is -0.142. The Balaban J connectivity index is 0.000000682. The van der Waals surface area contributed by atoms with Gasteiger partial charge in [0, 0.05) is 28.7 Å². The first-order valence-electron chi connectivity index (χ1n) is 14.7. The highest BCUT2D eigenvalue weighted by atomic mass is 35.5. The van der Waals surface area contributed by atoms with E-state index in [4.69, 9.17) is 31.4 Å². The molecule has 1 saturated heterocycles. The zero-order chi connectivity index (χ0) is 30.9. The Morgan fingerprint density at radius 2 is 1.79 bits per heavy atom. The van der Waals surface area contributed by atoms with Gasteiger partial charge in [0.2, 0.25) is 0 Å². The second-order valence-corrected chi connectivity index (χ2v) is 13.4. The number of benzene rings is 3. The van der Waals surface area contributed by atoms with Crippen molar-refractivity contribution in [1.29, 1.82) is 0 Å². The van der Waals surface area contributed by atoms with Crippen LogP contribution in [0.2, 0.25) is 5.02 Å². The maximum Gasteiger partial charge on any atom is 0.310 e. The van der Waals surface area contributed by atoms with Crippen molar-refractivity contribution >= 4 is 50.2 Å². The Morgan fingerprint density at radius 3 is 2.44 bits per heavy atom. The van der Waals surface area contributed by atoms with Gasteiger partial charge < -0.3 is 19.7 Å². The number of aryl methyl sites for hydroxylation is 2. The Labute approximate surface area is 261 Å². The summed E-state index contributed by atoms with van der Waals surface area (Å²) < 4.78 is 8.73. The number of halogens is 1. The maximum absolute atomic E-state index is 12.6. The molecular weight excluding hydrogens is 580 g/mol. The Hall–Kier alpha value is -3.30. The highest BCUT2D eigenvalue weighted by molar-refractivity contribution is 7.22. The molecule has 0 spiro atoms. The van der Waals surface area contributed by atoms with Crippen molar-refractivity contribution in [3.05, 3.63) is 70.5 Å². The number of carbonyl (C=O) groups is 1. The van der Waals surface area contributed by atoms with E-state index in [0.717, 1.165) is 79.4 Å². The van der Waals surface area contributed by atoms with E-state index >= 15 is 0 Å². The molecule has 7 nitrogen and oxygen atoms in total. The molecule has 1 unspecified atom stereocenters. The molecule has 43 heavy (non-hydrogen) atoms. The molecule has 0 saturated carbocycles. The first-order valence-corrected chi connectivity index (χ1v) is 15.9. The highest BCUT2D eigenvalue weighted by Gasteiger charge is 2.23. The van der Waals surface area contributed by atoms with Crippen molar-refractivity contribution in [2.45, 2.75) is 66.0 Å². The van der Waals surface area contributed by atoms with E-state index in [2.05, 4.69) is 41.1 Å². The summed E-state index contributed by atoms with van der Waals surface area (Å²) in [6, 6.07) is 16.7. The molecule has 3 heterocycles. The number of rotatable bonds is 6. The van der Waals surface area contributed by atoms with Crippen LogP contribution < -0.4 is 5.32 Å². The van der Waals surface area contributed by atoms with E-state index in [-0.39, 0.29) is 12.4 Å². The molecule has 0 bridgehead atoms. The third-order valence-corrected chi connectivity index (χ3v) is 8.67. The molecule has 6 rings (SSSR count). The minimum atomic E-state index is -0.500. The number of aliphatic hydroxyl groups is 1. The molecule has 2 N–H and O–H groups in total. The Bertz CT molecular complexity index is 1760. The number of fused-ring (bicyclic) bond motifs is 2. The summed E-state index contributed by atoms with van der Waals surface area (Å²) in [4.78, 5) is 22.5. The molecule has 1 atom stereocenters. The van der Waals surface area contributed by atoms with Crippen LogP contribution in [0.25, 0.3) is 42.9 Å².